The first kappa shape index (κ1) is 14.4. The van der Waals surface area contributed by atoms with Gasteiger partial charge < -0.3 is 9.84 Å². The summed E-state index contributed by atoms with van der Waals surface area (Å²) in [5.41, 5.74) is 0.586. The molecule has 0 aromatic carbocycles. The average Bonchev–Trinajstić information content (AvgIpc) is 2.37. The first-order valence-electron chi connectivity index (χ1n) is 6.15. The van der Waals surface area contributed by atoms with Crippen LogP contribution in [0, 0.1) is 0 Å². The molecule has 2 heterocycles. The van der Waals surface area contributed by atoms with Crippen molar-refractivity contribution in [3.8, 4) is 0 Å². The number of aromatic nitrogens is 1. The molecule has 19 heavy (non-hydrogen) atoms. The van der Waals surface area contributed by atoms with Crippen LogP contribution in [0.5, 0.6) is 0 Å². The summed E-state index contributed by atoms with van der Waals surface area (Å²) < 4.78 is 31.8. The monoisotopic (exact) mass is 286 g/mol. The van der Waals surface area contributed by atoms with E-state index in [9.17, 15) is 8.42 Å². The largest absolute Gasteiger partial charge is 0.392 e. The van der Waals surface area contributed by atoms with Gasteiger partial charge in [0.1, 0.15) is 0 Å². The zero-order chi connectivity index (χ0) is 14.0. The van der Waals surface area contributed by atoms with E-state index in [1.54, 1.807) is 6.07 Å². The van der Waals surface area contributed by atoms with Gasteiger partial charge in [-0.25, -0.2) is 13.4 Å². The van der Waals surface area contributed by atoms with E-state index in [1.807, 2.05) is 13.8 Å². The number of rotatable bonds is 3. The first-order chi connectivity index (χ1) is 8.93. The van der Waals surface area contributed by atoms with Crippen LogP contribution >= 0.6 is 0 Å². The van der Waals surface area contributed by atoms with Gasteiger partial charge in [0.25, 0.3) is 10.0 Å². The summed E-state index contributed by atoms with van der Waals surface area (Å²) in [6, 6.07) is 2.98. The van der Waals surface area contributed by atoms with Crippen molar-refractivity contribution < 1.29 is 18.3 Å². The molecule has 1 N–H and O–H groups in total. The van der Waals surface area contributed by atoms with Crippen LogP contribution in [0.25, 0.3) is 0 Å². The molecule has 0 saturated carbocycles. The third-order valence-corrected chi connectivity index (χ3v) is 4.72. The topological polar surface area (TPSA) is 79.7 Å². The minimum Gasteiger partial charge on any atom is -0.392 e. The van der Waals surface area contributed by atoms with Gasteiger partial charge in [0, 0.05) is 19.3 Å². The maximum Gasteiger partial charge on any atom is 0.260 e. The Hall–Kier alpha value is -1.02. The maximum absolute atomic E-state index is 12.4. The number of aliphatic hydroxyl groups is 1. The maximum atomic E-state index is 12.4. The lowest BCUT2D eigenvalue weighted by Crippen LogP contribution is -2.48. The second kappa shape index (κ2) is 5.54. The molecule has 1 aromatic rings. The fourth-order valence-corrected chi connectivity index (χ4v) is 3.62. The van der Waals surface area contributed by atoms with Gasteiger partial charge in [-0.15, -0.1) is 0 Å². The molecule has 2 atom stereocenters. The van der Waals surface area contributed by atoms with Gasteiger partial charge in [0.15, 0.2) is 5.03 Å². The predicted molar refractivity (Wildman–Crippen MR) is 68.9 cm³/mol. The third-order valence-electron chi connectivity index (χ3n) is 2.97. The van der Waals surface area contributed by atoms with Crippen molar-refractivity contribution >= 4 is 10.0 Å². The van der Waals surface area contributed by atoms with Crippen LogP contribution in [-0.4, -0.2) is 48.1 Å². The SMILES string of the molecule is CC1CN(S(=O)(=O)c2ccc(CO)cn2)CC(C)O1. The van der Waals surface area contributed by atoms with Crippen LogP contribution in [-0.2, 0) is 21.4 Å². The number of sulfonamides is 1. The third kappa shape index (κ3) is 3.11. The molecule has 1 aliphatic heterocycles. The molecule has 0 bridgehead atoms. The van der Waals surface area contributed by atoms with Crippen LogP contribution in [0.4, 0.5) is 0 Å². The van der Waals surface area contributed by atoms with Crippen LogP contribution < -0.4 is 0 Å². The molecule has 0 spiro atoms. The Kier molecular flexibility index (Phi) is 4.19. The molecule has 2 unspecified atom stereocenters. The van der Waals surface area contributed by atoms with Gasteiger partial charge >= 0.3 is 0 Å². The molecule has 0 radical (unpaired) electrons. The second-order valence-electron chi connectivity index (χ2n) is 4.74. The molecule has 1 aliphatic rings. The number of hydrogen-bond acceptors (Lipinski definition) is 5. The van der Waals surface area contributed by atoms with Gasteiger partial charge in [-0.05, 0) is 25.5 Å². The summed E-state index contributed by atoms with van der Waals surface area (Å²) in [5, 5.41) is 8.94. The molecule has 0 amide bonds. The van der Waals surface area contributed by atoms with E-state index in [4.69, 9.17) is 9.84 Å². The summed E-state index contributed by atoms with van der Waals surface area (Å²) >= 11 is 0. The molecular formula is C12H18N2O4S. The minimum atomic E-state index is -3.59. The highest BCUT2D eigenvalue weighted by atomic mass is 32.2. The van der Waals surface area contributed by atoms with Crippen LogP contribution in [0.2, 0.25) is 0 Å². The normalized spacial score (nSPS) is 25.4. The summed E-state index contributed by atoms with van der Waals surface area (Å²) in [7, 11) is -3.59. The van der Waals surface area contributed by atoms with E-state index in [2.05, 4.69) is 4.98 Å². The predicted octanol–water partition coefficient (Wildman–Crippen LogP) is 0.372. The summed E-state index contributed by atoms with van der Waals surface area (Å²) in [5.74, 6) is 0. The fourth-order valence-electron chi connectivity index (χ4n) is 2.12. The van der Waals surface area contributed by atoms with E-state index in [0.717, 1.165) is 0 Å². The van der Waals surface area contributed by atoms with Gasteiger partial charge in [-0.3, -0.25) is 0 Å². The fraction of sp³-hybridized carbons (Fsp3) is 0.583. The lowest BCUT2D eigenvalue weighted by Gasteiger charge is -2.34. The number of hydrogen-bond donors (Lipinski definition) is 1. The van der Waals surface area contributed by atoms with Gasteiger partial charge in [-0.2, -0.15) is 4.31 Å². The van der Waals surface area contributed by atoms with Crippen molar-refractivity contribution in [1.82, 2.24) is 9.29 Å². The zero-order valence-electron chi connectivity index (χ0n) is 11.0. The van der Waals surface area contributed by atoms with Crippen molar-refractivity contribution in [1.29, 1.82) is 0 Å². The second-order valence-corrected chi connectivity index (χ2v) is 6.63. The number of ether oxygens (including phenoxy) is 1. The van der Waals surface area contributed by atoms with E-state index < -0.39 is 10.0 Å². The summed E-state index contributed by atoms with van der Waals surface area (Å²) in [4.78, 5) is 3.92. The van der Waals surface area contributed by atoms with Crippen molar-refractivity contribution in [3.63, 3.8) is 0 Å². The highest BCUT2D eigenvalue weighted by Gasteiger charge is 2.32. The van der Waals surface area contributed by atoms with E-state index in [0.29, 0.717) is 18.7 Å². The van der Waals surface area contributed by atoms with Gasteiger partial charge in [0.05, 0.1) is 18.8 Å². The number of pyridine rings is 1. The Morgan fingerprint density at radius 2 is 2.00 bits per heavy atom. The minimum absolute atomic E-state index is 0.00556. The smallest absolute Gasteiger partial charge is 0.260 e. The summed E-state index contributed by atoms with van der Waals surface area (Å²) in [6.45, 7) is 4.20. The molecule has 106 valence electrons. The molecule has 1 saturated heterocycles. The van der Waals surface area contributed by atoms with Crippen molar-refractivity contribution in [2.45, 2.75) is 37.7 Å². The van der Waals surface area contributed by atoms with E-state index in [-0.39, 0.29) is 23.8 Å². The molecule has 7 heteroatoms. The van der Waals surface area contributed by atoms with Crippen molar-refractivity contribution in [3.05, 3.63) is 23.9 Å². The van der Waals surface area contributed by atoms with Crippen LogP contribution in [0.15, 0.2) is 23.4 Å². The highest BCUT2D eigenvalue weighted by molar-refractivity contribution is 7.89. The van der Waals surface area contributed by atoms with Crippen molar-refractivity contribution in [2.24, 2.45) is 0 Å². The molecular weight excluding hydrogens is 268 g/mol. The highest BCUT2D eigenvalue weighted by Crippen LogP contribution is 2.19. The zero-order valence-corrected chi connectivity index (χ0v) is 11.8. The quantitative estimate of drug-likeness (QED) is 0.868. The molecule has 1 fully saturated rings. The Balaban J connectivity index is 2.25. The van der Waals surface area contributed by atoms with Crippen molar-refractivity contribution in [2.75, 3.05) is 13.1 Å². The van der Waals surface area contributed by atoms with Gasteiger partial charge in [-0.1, -0.05) is 6.07 Å². The molecule has 1 aromatic heterocycles. The van der Waals surface area contributed by atoms with E-state index in [1.165, 1.54) is 16.6 Å². The number of nitrogens with zero attached hydrogens (tertiary/aromatic N) is 2. The van der Waals surface area contributed by atoms with Gasteiger partial charge in [0.2, 0.25) is 0 Å². The Morgan fingerprint density at radius 3 is 2.47 bits per heavy atom. The van der Waals surface area contributed by atoms with Crippen LogP contribution in [0.3, 0.4) is 0 Å². The summed E-state index contributed by atoms with van der Waals surface area (Å²) in [6.07, 6.45) is 1.12. The first-order valence-corrected chi connectivity index (χ1v) is 7.59. The Bertz CT molecular complexity index is 519. The Morgan fingerprint density at radius 1 is 1.37 bits per heavy atom. The average molecular weight is 286 g/mol. The lowest BCUT2D eigenvalue weighted by atomic mass is 10.3. The lowest BCUT2D eigenvalue weighted by molar-refractivity contribution is -0.0441. The molecule has 2 rings (SSSR count). The molecule has 6 nitrogen and oxygen atoms in total. The number of aliphatic hydroxyl groups excluding tert-OH is 1. The van der Waals surface area contributed by atoms with E-state index >= 15 is 0 Å². The molecule has 0 aliphatic carbocycles. The van der Waals surface area contributed by atoms with Crippen LogP contribution in [0.1, 0.15) is 19.4 Å². The number of morpholine rings is 1. The standard InChI is InChI=1S/C12H18N2O4S/c1-9-6-14(7-10(2)18-9)19(16,17)12-4-3-11(8-15)5-13-12/h3-5,9-10,15H,6-8H2,1-2H3. The Labute approximate surface area is 113 Å².